The number of para-hydroxylation sites is 1. The highest BCUT2D eigenvalue weighted by Crippen LogP contribution is 2.17. The molecule has 3 aromatic rings. The third-order valence-electron chi connectivity index (χ3n) is 2.94. The number of nitrogens with one attached hydrogen (secondary N) is 2. The van der Waals surface area contributed by atoms with Crippen LogP contribution in [0.2, 0.25) is 0 Å². The minimum Gasteiger partial charge on any atom is -0.319 e. The topological polar surface area (TPSA) is 70.7 Å². The van der Waals surface area contributed by atoms with E-state index in [0.717, 1.165) is 16.6 Å². The third-order valence-corrected chi connectivity index (χ3v) is 2.94. The Labute approximate surface area is 109 Å². The Morgan fingerprint density at radius 2 is 2.05 bits per heavy atom. The van der Waals surface area contributed by atoms with Crippen LogP contribution in [0.4, 0.5) is 5.69 Å². The molecule has 0 spiro atoms. The first-order valence-electron chi connectivity index (χ1n) is 5.92. The summed E-state index contributed by atoms with van der Waals surface area (Å²) in [5.41, 5.74) is 2.70. The molecule has 0 saturated heterocycles. The van der Waals surface area contributed by atoms with Gasteiger partial charge in [0.1, 0.15) is 0 Å². The number of hydrogen-bond acceptors (Lipinski definition) is 3. The van der Waals surface area contributed by atoms with Crippen molar-refractivity contribution >= 4 is 22.5 Å². The zero-order valence-corrected chi connectivity index (χ0v) is 10.3. The highest BCUT2D eigenvalue weighted by Gasteiger charge is 2.14. The lowest BCUT2D eigenvalue weighted by molar-refractivity contribution is 0.102. The van der Waals surface area contributed by atoms with Crippen LogP contribution in [0.1, 0.15) is 16.2 Å². The van der Waals surface area contributed by atoms with E-state index in [-0.39, 0.29) is 5.91 Å². The van der Waals surface area contributed by atoms with Gasteiger partial charge in [0.2, 0.25) is 0 Å². The lowest BCUT2D eigenvalue weighted by Crippen LogP contribution is -2.13. The number of nitrogens with zero attached hydrogens (tertiary/aromatic N) is 2. The summed E-state index contributed by atoms with van der Waals surface area (Å²) in [6.07, 6.45) is 1.69. The van der Waals surface area contributed by atoms with E-state index in [1.165, 1.54) is 0 Å². The number of fused-ring (bicyclic) bond motifs is 1. The summed E-state index contributed by atoms with van der Waals surface area (Å²) in [5.74, 6) is -0.242. The van der Waals surface area contributed by atoms with Gasteiger partial charge in [-0.3, -0.25) is 14.9 Å². The van der Waals surface area contributed by atoms with Crippen LogP contribution in [0, 0.1) is 6.92 Å². The lowest BCUT2D eigenvalue weighted by atomic mass is 10.2. The van der Waals surface area contributed by atoms with Gasteiger partial charge in [-0.05, 0) is 25.1 Å². The molecule has 2 N–H and O–H groups in total. The van der Waals surface area contributed by atoms with Gasteiger partial charge in [0.25, 0.3) is 5.91 Å². The summed E-state index contributed by atoms with van der Waals surface area (Å²) in [4.78, 5) is 16.4. The van der Waals surface area contributed by atoms with E-state index in [9.17, 15) is 4.79 Å². The second kappa shape index (κ2) is 4.53. The smallest absolute Gasteiger partial charge is 0.276 e. The molecule has 0 aliphatic rings. The molecule has 3 rings (SSSR count). The van der Waals surface area contributed by atoms with Crippen molar-refractivity contribution in [3.63, 3.8) is 0 Å². The molecule has 0 atom stereocenters. The van der Waals surface area contributed by atoms with Gasteiger partial charge in [-0.15, -0.1) is 0 Å². The minimum atomic E-state index is -0.242. The molecule has 1 amide bonds. The van der Waals surface area contributed by atoms with E-state index >= 15 is 0 Å². The number of aryl methyl sites for hydroxylation is 1. The van der Waals surface area contributed by atoms with Crippen molar-refractivity contribution in [3.8, 4) is 0 Å². The van der Waals surface area contributed by atoms with Gasteiger partial charge >= 0.3 is 0 Å². The Morgan fingerprint density at radius 1 is 1.21 bits per heavy atom. The monoisotopic (exact) mass is 252 g/mol. The Kier molecular flexibility index (Phi) is 2.72. The summed E-state index contributed by atoms with van der Waals surface area (Å²) < 4.78 is 0. The number of aromatic amines is 1. The Balaban J connectivity index is 1.95. The number of aromatic nitrogens is 3. The maximum absolute atomic E-state index is 12.2. The summed E-state index contributed by atoms with van der Waals surface area (Å²) in [7, 11) is 0. The van der Waals surface area contributed by atoms with E-state index in [4.69, 9.17) is 0 Å². The van der Waals surface area contributed by atoms with Crippen LogP contribution in [0.3, 0.4) is 0 Å². The summed E-state index contributed by atoms with van der Waals surface area (Å²) in [6, 6.07) is 11.1. The van der Waals surface area contributed by atoms with Crippen molar-refractivity contribution in [1.29, 1.82) is 0 Å². The number of hydrogen-bond donors (Lipinski definition) is 2. The maximum atomic E-state index is 12.2. The summed E-state index contributed by atoms with van der Waals surface area (Å²) in [6.45, 7) is 1.85. The molecule has 0 aliphatic heterocycles. The molecule has 5 heteroatoms. The zero-order chi connectivity index (χ0) is 13.2. The highest BCUT2D eigenvalue weighted by molar-refractivity contribution is 6.11. The minimum absolute atomic E-state index is 0.242. The second-order valence-corrected chi connectivity index (χ2v) is 4.21. The molecule has 5 nitrogen and oxygen atoms in total. The van der Waals surface area contributed by atoms with Crippen LogP contribution < -0.4 is 5.32 Å². The van der Waals surface area contributed by atoms with Crippen LogP contribution in [0.25, 0.3) is 10.9 Å². The normalized spacial score (nSPS) is 10.6. The van der Waals surface area contributed by atoms with E-state index in [1.807, 2.05) is 37.3 Å². The molecule has 0 bridgehead atoms. The molecule has 94 valence electrons. The van der Waals surface area contributed by atoms with Gasteiger partial charge in [-0.1, -0.05) is 18.2 Å². The maximum Gasteiger partial charge on any atom is 0.276 e. The average molecular weight is 252 g/mol. The summed E-state index contributed by atoms with van der Waals surface area (Å²) >= 11 is 0. The van der Waals surface area contributed by atoms with Gasteiger partial charge in [0, 0.05) is 11.6 Å². The molecule has 2 aromatic heterocycles. The predicted octanol–water partition coefficient (Wildman–Crippen LogP) is 2.52. The Morgan fingerprint density at radius 3 is 2.89 bits per heavy atom. The largest absolute Gasteiger partial charge is 0.319 e. The van der Waals surface area contributed by atoms with Crippen molar-refractivity contribution in [3.05, 3.63) is 54.0 Å². The molecular formula is C14H12N4O. The summed E-state index contributed by atoms with van der Waals surface area (Å²) in [5, 5.41) is 10.5. The van der Waals surface area contributed by atoms with Crippen LogP contribution in [0.5, 0.6) is 0 Å². The van der Waals surface area contributed by atoms with E-state index in [1.54, 1.807) is 12.3 Å². The quantitative estimate of drug-likeness (QED) is 0.736. The fraction of sp³-hybridized carbons (Fsp3) is 0.0714. The number of benzene rings is 1. The molecule has 19 heavy (non-hydrogen) atoms. The molecule has 0 aliphatic carbocycles. The first kappa shape index (κ1) is 11.4. The highest BCUT2D eigenvalue weighted by atomic mass is 16.1. The number of carbonyl (C=O) groups excluding carboxylic acids is 1. The van der Waals surface area contributed by atoms with Gasteiger partial charge < -0.3 is 5.32 Å². The number of anilines is 1. The van der Waals surface area contributed by atoms with Crippen molar-refractivity contribution in [2.24, 2.45) is 0 Å². The molecular weight excluding hydrogens is 240 g/mol. The van der Waals surface area contributed by atoms with Crippen molar-refractivity contribution in [1.82, 2.24) is 15.2 Å². The van der Waals surface area contributed by atoms with Crippen LogP contribution in [0.15, 0.2) is 42.6 Å². The number of pyridine rings is 1. The number of rotatable bonds is 2. The molecule has 0 unspecified atom stereocenters. The fourth-order valence-electron chi connectivity index (χ4n) is 1.93. The number of carbonyl (C=O) groups is 1. The van der Waals surface area contributed by atoms with Crippen molar-refractivity contribution in [2.75, 3.05) is 5.32 Å². The van der Waals surface area contributed by atoms with Crippen molar-refractivity contribution in [2.45, 2.75) is 6.92 Å². The first-order chi connectivity index (χ1) is 9.25. The van der Waals surface area contributed by atoms with E-state index in [2.05, 4.69) is 20.5 Å². The standard InChI is InChI=1S/C14H12N4O/c1-9-11(7-4-8-15-9)16-14(19)13-10-5-2-3-6-12(10)17-18-13/h2-8H,1H3,(H,16,19)(H,17,18). The van der Waals surface area contributed by atoms with Gasteiger partial charge in [0.15, 0.2) is 5.69 Å². The number of amides is 1. The van der Waals surface area contributed by atoms with E-state index in [0.29, 0.717) is 11.4 Å². The Hall–Kier alpha value is -2.69. The zero-order valence-electron chi connectivity index (χ0n) is 10.3. The molecule has 0 fully saturated rings. The number of H-pyrrole nitrogens is 1. The van der Waals surface area contributed by atoms with Crippen LogP contribution in [-0.4, -0.2) is 21.1 Å². The van der Waals surface area contributed by atoms with Crippen LogP contribution in [-0.2, 0) is 0 Å². The van der Waals surface area contributed by atoms with Gasteiger partial charge in [-0.2, -0.15) is 5.10 Å². The third kappa shape index (κ3) is 2.06. The molecule has 0 radical (unpaired) electrons. The predicted molar refractivity (Wildman–Crippen MR) is 73.0 cm³/mol. The second-order valence-electron chi connectivity index (χ2n) is 4.21. The average Bonchev–Trinajstić information content (AvgIpc) is 2.85. The molecule has 1 aromatic carbocycles. The fourth-order valence-corrected chi connectivity index (χ4v) is 1.93. The van der Waals surface area contributed by atoms with Gasteiger partial charge in [0.05, 0.1) is 16.9 Å². The first-order valence-corrected chi connectivity index (χ1v) is 5.92. The van der Waals surface area contributed by atoms with Gasteiger partial charge in [-0.25, -0.2) is 0 Å². The van der Waals surface area contributed by atoms with Crippen LogP contribution >= 0.6 is 0 Å². The molecule has 2 heterocycles. The van der Waals surface area contributed by atoms with E-state index < -0.39 is 0 Å². The Bertz CT molecular complexity index is 748. The van der Waals surface area contributed by atoms with Crippen molar-refractivity contribution < 1.29 is 4.79 Å². The SMILES string of the molecule is Cc1ncccc1NC(=O)c1n[nH]c2ccccc12. The molecule has 0 saturated carbocycles. The lowest BCUT2D eigenvalue weighted by Gasteiger charge is -2.05.